The lowest BCUT2D eigenvalue weighted by Crippen LogP contribution is -2.02. The zero-order valence-corrected chi connectivity index (χ0v) is 11.7. The van der Waals surface area contributed by atoms with Crippen molar-refractivity contribution < 1.29 is 19.0 Å². The summed E-state index contributed by atoms with van der Waals surface area (Å²) in [5, 5.41) is 1.91. The number of carbonyl (C=O) groups is 1. The minimum absolute atomic E-state index is 0.175. The van der Waals surface area contributed by atoms with Crippen molar-refractivity contribution in [1.29, 1.82) is 0 Å². The summed E-state index contributed by atoms with van der Waals surface area (Å²) in [4.78, 5) is 12.6. The highest BCUT2D eigenvalue weighted by molar-refractivity contribution is 7.12. The van der Waals surface area contributed by atoms with Crippen LogP contribution in [-0.2, 0) is 0 Å². The van der Waals surface area contributed by atoms with Crippen LogP contribution in [0.4, 0.5) is 0 Å². The van der Waals surface area contributed by atoms with Crippen molar-refractivity contribution >= 4 is 17.1 Å². The highest BCUT2D eigenvalue weighted by atomic mass is 32.1. The van der Waals surface area contributed by atoms with Gasteiger partial charge in [-0.05, 0) is 30.0 Å². The Labute approximate surface area is 120 Å². The van der Waals surface area contributed by atoms with E-state index in [4.69, 9.17) is 14.2 Å². The second-order valence-corrected chi connectivity index (χ2v) is 5.32. The van der Waals surface area contributed by atoms with Gasteiger partial charge in [0, 0.05) is 12.5 Å². The maximum absolute atomic E-state index is 11.8. The Kier molecular flexibility index (Phi) is 3.87. The molecule has 1 aliphatic heterocycles. The largest absolute Gasteiger partial charge is 0.493 e. The van der Waals surface area contributed by atoms with Gasteiger partial charge in [0.15, 0.2) is 17.3 Å². The fourth-order valence-corrected chi connectivity index (χ4v) is 2.64. The zero-order chi connectivity index (χ0) is 13.8. The zero-order valence-electron chi connectivity index (χ0n) is 10.8. The molecule has 2 heterocycles. The lowest BCUT2D eigenvalue weighted by atomic mass is 10.2. The van der Waals surface area contributed by atoms with Crippen molar-refractivity contribution in [1.82, 2.24) is 0 Å². The summed E-state index contributed by atoms with van der Waals surface area (Å²) in [5.74, 6) is 2.36. The van der Waals surface area contributed by atoms with Crippen LogP contribution >= 0.6 is 11.3 Å². The van der Waals surface area contributed by atoms with Gasteiger partial charge in [0.2, 0.25) is 6.79 Å². The number of hydrogen-bond donors (Lipinski definition) is 0. The first-order valence-electron chi connectivity index (χ1n) is 6.42. The standard InChI is InChI=1S/C15H14O4S/c16-12(15-4-2-8-20-15)3-1-7-17-11-5-6-13-14(9-11)19-10-18-13/h2,4-6,8-9H,1,3,7,10H2. The van der Waals surface area contributed by atoms with Gasteiger partial charge in [-0.3, -0.25) is 4.79 Å². The molecule has 0 fully saturated rings. The van der Waals surface area contributed by atoms with E-state index < -0.39 is 0 Å². The molecule has 0 aliphatic carbocycles. The minimum Gasteiger partial charge on any atom is -0.493 e. The highest BCUT2D eigenvalue weighted by Gasteiger charge is 2.13. The number of carbonyl (C=O) groups excluding carboxylic acids is 1. The van der Waals surface area contributed by atoms with Gasteiger partial charge in [0.1, 0.15) is 5.75 Å². The average Bonchev–Trinajstić information content (AvgIpc) is 3.13. The number of thiophene rings is 1. The van der Waals surface area contributed by atoms with Crippen LogP contribution in [0.15, 0.2) is 35.7 Å². The normalized spacial score (nSPS) is 12.4. The molecule has 0 saturated heterocycles. The van der Waals surface area contributed by atoms with E-state index in [0.717, 1.165) is 16.4 Å². The monoisotopic (exact) mass is 290 g/mol. The molecular weight excluding hydrogens is 276 g/mol. The van der Waals surface area contributed by atoms with Crippen LogP contribution in [-0.4, -0.2) is 19.2 Å². The number of fused-ring (bicyclic) bond motifs is 1. The summed E-state index contributed by atoms with van der Waals surface area (Å²) in [6.07, 6.45) is 1.20. The first-order chi connectivity index (χ1) is 9.83. The van der Waals surface area contributed by atoms with Crippen molar-refractivity contribution in [3.05, 3.63) is 40.6 Å². The summed E-state index contributed by atoms with van der Waals surface area (Å²) in [6.45, 7) is 0.769. The molecule has 4 nitrogen and oxygen atoms in total. The first-order valence-corrected chi connectivity index (χ1v) is 7.30. The lowest BCUT2D eigenvalue weighted by molar-refractivity contribution is 0.0977. The van der Waals surface area contributed by atoms with Gasteiger partial charge in [-0.15, -0.1) is 11.3 Å². The fraction of sp³-hybridized carbons (Fsp3) is 0.267. The molecule has 2 aromatic rings. The average molecular weight is 290 g/mol. The molecule has 0 saturated carbocycles. The maximum atomic E-state index is 11.8. The third kappa shape index (κ3) is 2.93. The quantitative estimate of drug-likeness (QED) is 0.603. The molecule has 0 radical (unpaired) electrons. The molecular formula is C15H14O4S. The summed E-state index contributed by atoms with van der Waals surface area (Å²) in [6, 6.07) is 9.22. The maximum Gasteiger partial charge on any atom is 0.231 e. The van der Waals surface area contributed by atoms with E-state index >= 15 is 0 Å². The number of ether oxygens (including phenoxy) is 3. The van der Waals surface area contributed by atoms with E-state index in [1.165, 1.54) is 11.3 Å². The predicted octanol–water partition coefficient (Wildman–Crippen LogP) is 3.52. The van der Waals surface area contributed by atoms with Crippen LogP contribution in [0.1, 0.15) is 22.5 Å². The van der Waals surface area contributed by atoms with E-state index in [1.807, 2.05) is 35.7 Å². The molecule has 20 heavy (non-hydrogen) atoms. The van der Waals surface area contributed by atoms with Gasteiger partial charge in [-0.1, -0.05) is 6.07 Å². The van der Waals surface area contributed by atoms with Gasteiger partial charge in [-0.25, -0.2) is 0 Å². The van der Waals surface area contributed by atoms with Crippen LogP contribution in [0.3, 0.4) is 0 Å². The molecule has 0 amide bonds. The Morgan fingerprint density at radius 3 is 3.00 bits per heavy atom. The lowest BCUT2D eigenvalue weighted by Gasteiger charge is -2.06. The smallest absolute Gasteiger partial charge is 0.231 e. The van der Waals surface area contributed by atoms with Crippen LogP contribution in [0.25, 0.3) is 0 Å². The SMILES string of the molecule is O=C(CCCOc1ccc2c(c1)OCO2)c1cccs1. The number of hydrogen-bond acceptors (Lipinski definition) is 5. The van der Waals surface area contributed by atoms with E-state index in [-0.39, 0.29) is 12.6 Å². The highest BCUT2D eigenvalue weighted by Crippen LogP contribution is 2.35. The van der Waals surface area contributed by atoms with Gasteiger partial charge in [0.25, 0.3) is 0 Å². The topological polar surface area (TPSA) is 44.8 Å². The summed E-state index contributed by atoms with van der Waals surface area (Å²) < 4.78 is 16.1. The Bertz CT molecular complexity index is 592. The van der Waals surface area contributed by atoms with Crippen LogP contribution < -0.4 is 14.2 Å². The summed E-state index contributed by atoms with van der Waals surface area (Å²) in [7, 11) is 0. The van der Waals surface area contributed by atoms with Crippen molar-refractivity contribution in [2.24, 2.45) is 0 Å². The van der Waals surface area contributed by atoms with E-state index in [1.54, 1.807) is 0 Å². The van der Waals surface area contributed by atoms with E-state index in [0.29, 0.717) is 25.2 Å². The van der Waals surface area contributed by atoms with E-state index in [2.05, 4.69) is 0 Å². The van der Waals surface area contributed by atoms with Gasteiger partial charge in [-0.2, -0.15) is 0 Å². The number of benzene rings is 1. The molecule has 3 rings (SSSR count). The molecule has 104 valence electrons. The Hall–Kier alpha value is -2.01. The van der Waals surface area contributed by atoms with Crippen molar-refractivity contribution in [2.75, 3.05) is 13.4 Å². The Balaban J connectivity index is 1.45. The second kappa shape index (κ2) is 5.96. The number of Topliss-reactive ketones (excluding diaryl/α,β-unsaturated/α-hetero) is 1. The van der Waals surface area contributed by atoms with Gasteiger partial charge >= 0.3 is 0 Å². The predicted molar refractivity (Wildman–Crippen MR) is 75.9 cm³/mol. The molecule has 0 bridgehead atoms. The molecule has 0 N–H and O–H groups in total. The summed E-state index contributed by atoms with van der Waals surface area (Å²) >= 11 is 1.48. The van der Waals surface area contributed by atoms with Crippen LogP contribution in [0.5, 0.6) is 17.2 Å². The minimum atomic E-state index is 0.175. The number of ketones is 1. The van der Waals surface area contributed by atoms with Crippen molar-refractivity contribution in [2.45, 2.75) is 12.8 Å². The molecule has 0 unspecified atom stereocenters. The molecule has 0 spiro atoms. The van der Waals surface area contributed by atoms with Crippen LogP contribution in [0.2, 0.25) is 0 Å². The molecule has 1 aromatic heterocycles. The van der Waals surface area contributed by atoms with Crippen LogP contribution in [0, 0.1) is 0 Å². The molecule has 1 aromatic carbocycles. The Morgan fingerprint density at radius 2 is 2.15 bits per heavy atom. The molecule has 0 atom stereocenters. The van der Waals surface area contributed by atoms with Gasteiger partial charge < -0.3 is 14.2 Å². The fourth-order valence-electron chi connectivity index (χ4n) is 1.95. The Morgan fingerprint density at radius 1 is 1.25 bits per heavy atom. The van der Waals surface area contributed by atoms with Gasteiger partial charge in [0.05, 0.1) is 11.5 Å². The van der Waals surface area contributed by atoms with E-state index in [9.17, 15) is 4.79 Å². The summed E-state index contributed by atoms with van der Waals surface area (Å²) in [5.41, 5.74) is 0. The second-order valence-electron chi connectivity index (χ2n) is 4.37. The van der Waals surface area contributed by atoms with Crippen molar-refractivity contribution in [3.63, 3.8) is 0 Å². The molecule has 5 heteroatoms. The third-order valence-electron chi connectivity index (χ3n) is 2.96. The third-order valence-corrected chi connectivity index (χ3v) is 3.87. The number of rotatable bonds is 6. The molecule has 1 aliphatic rings. The van der Waals surface area contributed by atoms with Crippen molar-refractivity contribution in [3.8, 4) is 17.2 Å². The first kappa shape index (κ1) is 13.0.